The van der Waals surface area contributed by atoms with E-state index in [-0.39, 0.29) is 52.0 Å². The Morgan fingerprint density at radius 3 is 0.200 bits per heavy atom. The van der Waals surface area contributed by atoms with E-state index in [9.17, 15) is 0 Å². The Kier molecular flexibility index (Phi) is 46.7. The first-order valence-corrected chi connectivity index (χ1v) is 0. The molecule has 0 unspecified atom stereocenters. The molecular formula is C7H28No3. The van der Waals surface area contributed by atoms with Crippen LogP contribution in [0.25, 0.3) is 0 Å². The predicted molar refractivity (Wildman–Crippen MR) is 47.1 cm³/mol. The summed E-state index contributed by atoms with van der Waals surface area (Å²) in [5.74, 6) is 0. The molecule has 0 saturated heterocycles. The molecule has 0 rings (SSSR count). The third kappa shape index (κ3) is 8.89. The molecule has 98 valence electrons. The molecular weight excluding hydrogens is 861 g/mol. The number of hydrogen-bond acceptors (Lipinski definition) is 0. The van der Waals surface area contributed by atoms with Crippen LogP contribution in [0, 0.1) is 0 Å². The maximum atomic E-state index is 0. The molecule has 0 aliphatic heterocycles. The van der Waals surface area contributed by atoms with Crippen molar-refractivity contribution >= 4 is 0 Å². The maximum absolute atomic E-state index is 0. The quantitative estimate of drug-likeness (QED) is 0.338. The van der Waals surface area contributed by atoms with E-state index in [1.54, 1.807) is 0 Å². The van der Waals surface area contributed by atoms with Crippen LogP contribution in [0.1, 0.15) is 52.0 Å². The first kappa shape index (κ1) is 28.0. The molecule has 10 heavy (non-hydrogen) atoms. The molecule has 0 aliphatic carbocycles. The van der Waals surface area contributed by atoms with E-state index in [0.717, 1.165) is 0 Å². The maximum Gasteiger partial charge on any atom is 0 e. The van der Waals surface area contributed by atoms with Gasteiger partial charge in [-0.1, -0.05) is 52.0 Å². The molecule has 0 radical (unpaired) electrons. The molecule has 0 aromatic rings. The minimum absolute atomic E-state index is 0. The zero-order valence-corrected chi connectivity index (χ0v) is 7.48. The van der Waals surface area contributed by atoms with Gasteiger partial charge in [-0.2, -0.15) is 0 Å². The van der Waals surface area contributed by atoms with E-state index in [4.69, 9.17) is 0 Å². The summed E-state index contributed by atoms with van der Waals surface area (Å²) < 4.78 is 0. The van der Waals surface area contributed by atoms with Crippen LogP contribution in [0.2, 0.25) is 0 Å². The first-order chi connectivity index (χ1) is 0. The van der Waals surface area contributed by atoms with Gasteiger partial charge in [-0.15, -0.1) is 0 Å². The molecule has 0 nitrogen and oxygen atoms in total. The fraction of sp³-hybridized carbons (Fsp3) is 1.00. The second-order valence-electron chi connectivity index (χ2n) is 0. The number of hydrogen-bond donors (Lipinski definition) is 0. The first-order valence-electron chi connectivity index (χ1n) is 0. The van der Waals surface area contributed by atoms with Crippen molar-refractivity contribution in [1.82, 2.24) is 0 Å². The van der Waals surface area contributed by atoms with Crippen LogP contribution in [0.3, 0.4) is 0 Å². The van der Waals surface area contributed by atoms with Gasteiger partial charge in [0, 0.05) is 0 Å². The minimum Gasteiger partial charge on any atom is -0.0776 e. The summed E-state index contributed by atoms with van der Waals surface area (Å²) in [6.07, 6.45) is 0. The Hall–Kier alpha value is -3.00. The van der Waals surface area contributed by atoms with Gasteiger partial charge in [-0.3, -0.25) is 0 Å². The van der Waals surface area contributed by atoms with Gasteiger partial charge < -0.3 is 0 Å². The Balaban J connectivity index is 0. The van der Waals surface area contributed by atoms with E-state index in [2.05, 4.69) is 0 Å². The summed E-state index contributed by atoms with van der Waals surface area (Å²) in [4.78, 5) is 0. The standard InChI is InChI=1S/7CH4.3No/h7*1H4;;;. The van der Waals surface area contributed by atoms with E-state index in [0.29, 0.717) is 0 Å². The van der Waals surface area contributed by atoms with Gasteiger partial charge in [0.15, 0.2) is 0 Å². The molecule has 0 aromatic carbocycles. The fourth-order valence-electron chi connectivity index (χ4n) is 0. The third-order valence-corrected chi connectivity index (χ3v) is 0. The van der Waals surface area contributed by atoms with Gasteiger partial charge in [0.2, 0.25) is 0 Å². The Labute approximate surface area is 53.0 Å². The largest absolute Gasteiger partial charge is 0.0776 e. The van der Waals surface area contributed by atoms with E-state index in [1.165, 1.54) is 0 Å². The topological polar surface area (TPSA) is 0 Å². The molecule has 0 aromatic heterocycles. The van der Waals surface area contributed by atoms with Crippen LogP contribution in [0.5, 0.6) is 0 Å². The van der Waals surface area contributed by atoms with Crippen molar-refractivity contribution in [1.29, 1.82) is 0 Å². The predicted octanol–water partition coefficient (Wildman–Crippen LogP) is 4.45. The smallest absolute Gasteiger partial charge is 0 e. The van der Waals surface area contributed by atoms with Gasteiger partial charge >= 0.3 is 0 Å². The second-order valence-corrected chi connectivity index (χ2v) is 0. The summed E-state index contributed by atoms with van der Waals surface area (Å²) in [7, 11) is 0. The average molecular weight is 889 g/mol. The summed E-state index contributed by atoms with van der Waals surface area (Å²) in [5, 5.41) is 0. The van der Waals surface area contributed by atoms with Crippen molar-refractivity contribution in [3.05, 3.63) is 0 Å². The van der Waals surface area contributed by atoms with Gasteiger partial charge in [0.25, 0.3) is 0 Å². The van der Waals surface area contributed by atoms with Crippen LogP contribution in [-0.2, 0) is 0 Å². The molecule has 0 amide bonds. The van der Waals surface area contributed by atoms with Crippen LogP contribution >= 0.6 is 0 Å². The molecule has 0 N–H and O–H groups in total. The molecule has 0 fully saturated rings. The van der Waals surface area contributed by atoms with Crippen LogP contribution < -0.4 is 0 Å². The monoisotopic (exact) mass is 890 g/mol. The Morgan fingerprint density at radius 2 is 0.200 bits per heavy atom. The molecule has 3 heteroatoms. The normalized spacial score (nSPS) is 0. The SMILES string of the molecule is C.C.C.C.C.C.C.[No].[No].[No]. The molecule has 0 saturated carbocycles. The molecule has 0 heterocycles. The molecule has 0 bridgehead atoms. The second kappa shape index (κ2) is 16.7. The third-order valence-electron chi connectivity index (χ3n) is 0. The van der Waals surface area contributed by atoms with Crippen molar-refractivity contribution in [2.45, 2.75) is 52.0 Å². The summed E-state index contributed by atoms with van der Waals surface area (Å²) in [5.41, 5.74) is 0. The summed E-state index contributed by atoms with van der Waals surface area (Å²) in [6, 6.07) is 0. The van der Waals surface area contributed by atoms with Crippen LogP contribution in [-0.4, -0.2) is 0 Å². The Morgan fingerprint density at radius 1 is 0.200 bits per heavy atom. The van der Waals surface area contributed by atoms with Gasteiger partial charge in [-0.05, 0) is 0 Å². The molecule has 0 aliphatic rings. The molecule has 0 atom stereocenters. The average Bonchev–Trinajstić information content (AvgIpc) is 0. The number of rotatable bonds is 0. The van der Waals surface area contributed by atoms with Crippen molar-refractivity contribution in [2.75, 3.05) is 0 Å². The van der Waals surface area contributed by atoms with E-state index >= 15 is 0 Å². The van der Waals surface area contributed by atoms with Gasteiger partial charge in [-0.25, -0.2) is 0 Å². The van der Waals surface area contributed by atoms with Gasteiger partial charge in [0.1, 0.15) is 0 Å². The van der Waals surface area contributed by atoms with Crippen molar-refractivity contribution < 1.29 is 0 Å². The zero-order valence-electron chi connectivity index (χ0n) is 0.802. The van der Waals surface area contributed by atoms with E-state index < -0.39 is 0 Å². The van der Waals surface area contributed by atoms with Crippen molar-refractivity contribution in [3.63, 3.8) is 0 Å². The van der Waals surface area contributed by atoms with Gasteiger partial charge in [0.05, 0.1) is 0 Å². The van der Waals surface area contributed by atoms with Crippen LogP contribution in [0.15, 0.2) is 0 Å². The molecule has 0 spiro atoms. The summed E-state index contributed by atoms with van der Waals surface area (Å²) in [6.45, 7) is 0. The summed E-state index contributed by atoms with van der Waals surface area (Å²) >= 11 is 0. The minimum atomic E-state index is 0. The van der Waals surface area contributed by atoms with Crippen LogP contribution in [0.4, 0.5) is 0 Å². The van der Waals surface area contributed by atoms with Crippen molar-refractivity contribution in [2.24, 2.45) is 0 Å². The Bertz CT molecular complexity index is 8.81. The van der Waals surface area contributed by atoms with Crippen molar-refractivity contribution in [3.8, 4) is 0 Å². The zero-order chi connectivity index (χ0) is 0. The fourth-order valence-corrected chi connectivity index (χ4v) is 0. The van der Waals surface area contributed by atoms with E-state index in [1.807, 2.05) is 0 Å².